The summed E-state index contributed by atoms with van der Waals surface area (Å²) < 4.78 is 15.9. The average molecular weight is 230 g/mol. The fraction of sp³-hybridized carbons (Fsp3) is 0.917. The van der Waals surface area contributed by atoms with Crippen LogP contribution in [0.2, 0.25) is 0 Å². The lowest BCUT2D eigenvalue weighted by Crippen LogP contribution is -2.38. The van der Waals surface area contributed by atoms with Crippen LogP contribution in [0.4, 0.5) is 0 Å². The molecule has 4 heteroatoms. The van der Waals surface area contributed by atoms with Gasteiger partial charge in [-0.25, -0.2) is 4.79 Å². The minimum absolute atomic E-state index is 0.288. The Hall–Kier alpha value is -0.610. The third-order valence-electron chi connectivity index (χ3n) is 3.54. The maximum Gasteiger partial charge on any atom is 0.341 e. The molecule has 0 aromatic carbocycles. The van der Waals surface area contributed by atoms with Crippen LogP contribution in [0.25, 0.3) is 0 Å². The molecule has 0 saturated carbocycles. The molecule has 2 atom stereocenters. The van der Waals surface area contributed by atoms with Crippen LogP contribution >= 0.6 is 0 Å². The van der Waals surface area contributed by atoms with Crippen molar-refractivity contribution in [1.29, 1.82) is 0 Å². The number of carbonyl (C=O) groups is 1. The number of epoxide rings is 1. The number of methoxy groups -OCH3 is 2. The van der Waals surface area contributed by atoms with Crippen LogP contribution in [0, 0.1) is 0 Å². The largest absolute Gasteiger partial charge is 0.467 e. The topological polar surface area (TPSA) is 48.1 Å². The van der Waals surface area contributed by atoms with Gasteiger partial charge in [-0.3, -0.25) is 0 Å². The van der Waals surface area contributed by atoms with Crippen molar-refractivity contribution in [2.24, 2.45) is 0 Å². The first-order valence-electron chi connectivity index (χ1n) is 5.60. The molecule has 4 nitrogen and oxygen atoms in total. The van der Waals surface area contributed by atoms with Gasteiger partial charge in [0.15, 0.2) is 5.60 Å². The van der Waals surface area contributed by atoms with Gasteiger partial charge in [0.05, 0.1) is 12.7 Å². The Morgan fingerprint density at radius 3 is 2.31 bits per heavy atom. The predicted octanol–water partition coefficient (Wildman–Crippen LogP) is 1.91. The van der Waals surface area contributed by atoms with Crippen LogP contribution in [0.15, 0.2) is 0 Å². The summed E-state index contributed by atoms with van der Waals surface area (Å²) in [5, 5.41) is 0. The molecule has 0 aliphatic carbocycles. The van der Waals surface area contributed by atoms with Crippen molar-refractivity contribution >= 4 is 5.97 Å². The second-order valence-electron chi connectivity index (χ2n) is 5.15. The van der Waals surface area contributed by atoms with E-state index in [0.29, 0.717) is 12.8 Å². The van der Waals surface area contributed by atoms with E-state index in [1.807, 2.05) is 27.7 Å². The standard InChI is InChI=1S/C12H22O4/c1-7-12(9(13)14-5)11(4,16-12)8-10(2,3)15-6/h7-8H2,1-6H3. The molecule has 0 aromatic heterocycles. The molecule has 0 radical (unpaired) electrons. The van der Waals surface area contributed by atoms with Crippen LogP contribution in [0.1, 0.15) is 40.5 Å². The van der Waals surface area contributed by atoms with Crippen molar-refractivity contribution in [3.8, 4) is 0 Å². The molecular weight excluding hydrogens is 208 g/mol. The van der Waals surface area contributed by atoms with Crippen molar-refractivity contribution < 1.29 is 19.0 Å². The number of hydrogen-bond acceptors (Lipinski definition) is 4. The number of carbonyl (C=O) groups excluding carboxylic acids is 1. The smallest absolute Gasteiger partial charge is 0.341 e. The van der Waals surface area contributed by atoms with Gasteiger partial charge in [0, 0.05) is 13.5 Å². The van der Waals surface area contributed by atoms with Crippen LogP contribution in [0.5, 0.6) is 0 Å². The summed E-state index contributed by atoms with van der Waals surface area (Å²) in [6.07, 6.45) is 1.29. The highest BCUT2D eigenvalue weighted by Gasteiger charge is 2.72. The highest BCUT2D eigenvalue weighted by Crippen LogP contribution is 2.55. The highest BCUT2D eigenvalue weighted by atomic mass is 16.7. The maximum absolute atomic E-state index is 11.7. The predicted molar refractivity (Wildman–Crippen MR) is 60.2 cm³/mol. The number of rotatable bonds is 5. The first-order chi connectivity index (χ1) is 7.27. The van der Waals surface area contributed by atoms with Crippen molar-refractivity contribution in [3.63, 3.8) is 0 Å². The van der Waals surface area contributed by atoms with E-state index in [1.54, 1.807) is 7.11 Å². The molecule has 1 heterocycles. The van der Waals surface area contributed by atoms with Gasteiger partial charge in [-0.2, -0.15) is 0 Å². The number of ether oxygens (including phenoxy) is 3. The van der Waals surface area contributed by atoms with Crippen LogP contribution in [-0.4, -0.2) is 37.0 Å². The molecule has 1 fully saturated rings. The zero-order valence-electron chi connectivity index (χ0n) is 11.0. The molecule has 2 unspecified atom stereocenters. The lowest BCUT2D eigenvalue weighted by Gasteiger charge is -2.26. The zero-order valence-corrected chi connectivity index (χ0v) is 11.0. The molecule has 0 N–H and O–H groups in total. The normalized spacial score (nSPS) is 33.6. The first-order valence-corrected chi connectivity index (χ1v) is 5.60. The monoisotopic (exact) mass is 230 g/mol. The van der Waals surface area contributed by atoms with Crippen LogP contribution < -0.4 is 0 Å². The lowest BCUT2D eigenvalue weighted by molar-refractivity contribution is -0.147. The van der Waals surface area contributed by atoms with E-state index in [2.05, 4.69) is 0 Å². The summed E-state index contributed by atoms with van der Waals surface area (Å²) >= 11 is 0. The summed E-state index contributed by atoms with van der Waals surface area (Å²) in [6.45, 7) is 7.84. The van der Waals surface area contributed by atoms with E-state index in [1.165, 1.54) is 7.11 Å². The molecule has 0 aromatic rings. The first kappa shape index (κ1) is 13.5. The quantitative estimate of drug-likeness (QED) is 0.534. The summed E-state index contributed by atoms with van der Waals surface area (Å²) in [4.78, 5) is 11.7. The average Bonchev–Trinajstić information content (AvgIpc) is 2.82. The van der Waals surface area contributed by atoms with Crippen molar-refractivity contribution in [3.05, 3.63) is 0 Å². The lowest BCUT2D eigenvalue weighted by atomic mass is 9.83. The Kier molecular flexibility index (Phi) is 3.37. The van der Waals surface area contributed by atoms with Gasteiger partial charge >= 0.3 is 5.97 Å². The number of esters is 1. The summed E-state index contributed by atoms with van der Waals surface area (Å²) in [5.74, 6) is -0.288. The van der Waals surface area contributed by atoms with Crippen molar-refractivity contribution in [1.82, 2.24) is 0 Å². The van der Waals surface area contributed by atoms with Crippen molar-refractivity contribution in [2.75, 3.05) is 14.2 Å². The Morgan fingerprint density at radius 2 is 1.94 bits per heavy atom. The van der Waals surface area contributed by atoms with E-state index in [4.69, 9.17) is 14.2 Å². The molecule has 1 rings (SSSR count). The second-order valence-corrected chi connectivity index (χ2v) is 5.15. The minimum Gasteiger partial charge on any atom is -0.467 e. The van der Waals surface area contributed by atoms with Gasteiger partial charge in [-0.15, -0.1) is 0 Å². The molecule has 1 aliphatic heterocycles. The second kappa shape index (κ2) is 4.00. The molecular formula is C12H22O4. The van der Waals surface area contributed by atoms with Gasteiger partial charge < -0.3 is 14.2 Å². The summed E-state index contributed by atoms with van der Waals surface area (Å²) in [7, 11) is 3.06. The Morgan fingerprint density at radius 1 is 1.38 bits per heavy atom. The SMILES string of the molecule is CCC1(C(=O)OC)OC1(C)CC(C)(C)OC. The maximum atomic E-state index is 11.7. The van der Waals surface area contributed by atoms with Crippen LogP contribution in [-0.2, 0) is 19.0 Å². The van der Waals surface area contributed by atoms with Crippen LogP contribution in [0.3, 0.4) is 0 Å². The molecule has 0 bridgehead atoms. The fourth-order valence-electron chi connectivity index (χ4n) is 2.44. The van der Waals surface area contributed by atoms with Gasteiger partial charge in [-0.1, -0.05) is 6.92 Å². The third kappa shape index (κ3) is 1.96. The Bertz CT molecular complexity index is 287. The van der Waals surface area contributed by atoms with Gasteiger partial charge in [-0.05, 0) is 27.2 Å². The van der Waals surface area contributed by atoms with E-state index >= 15 is 0 Å². The summed E-state index contributed by atoms with van der Waals surface area (Å²) in [6, 6.07) is 0. The minimum atomic E-state index is -0.780. The Balaban J connectivity index is 2.80. The van der Waals surface area contributed by atoms with Gasteiger partial charge in [0.1, 0.15) is 5.60 Å². The van der Waals surface area contributed by atoms with E-state index in [9.17, 15) is 4.79 Å². The van der Waals surface area contributed by atoms with Gasteiger partial charge in [0.25, 0.3) is 0 Å². The Labute approximate surface area is 97.2 Å². The van der Waals surface area contributed by atoms with E-state index in [0.717, 1.165) is 0 Å². The van der Waals surface area contributed by atoms with E-state index in [-0.39, 0.29) is 11.6 Å². The van der Waals surface area contributed by atoms with Crippen molar-refractivity contribution in [2.45, 2.75) is 57.3 Å². The fourth-order valence-corrected chi connectivity index (χ4v) is 2.44. The third-order valence-corrected chi connectivity index (χ3v) is 3.54. The van der Waals surface area contributed by atoms with E-state index < -0.39 is 11.2 Å². The molecule has 16 heavy (non-hydrogen) atoms. The molecule has 0 amide bonds. The molecule has 1 saturated heterocycles. The number of hydrogen-bond donors (Lipinski definition) is 0. The highest BCUT2D eigenvalue weighted by molar-refractivity contribution is 5.84. The molecule has 1 aliphatic rings. The molecule has 94 valence electrons. The zero-order chi connectivity index (χ0) is 12.6. The van der Waals surface area contributed by atoms with Gasteiger partial charge in [0.2, 0.25) is 0 Å². The molecule has 0 spiro atoms. The summed E-state index contributed by atoms with van der Waals surface area (Å²) in [5.41, 5.74) is -1.56.